The van der Waals surface area contributed by atoms with E-state index < -0.39 is 35.5 Å². The molecule has 0 fully saturated rings. The van der Waals surface area contributed by atoms with Crippen LogP contribution in [0.1, 0.15) is 34.1 Å². The maximum atomic E-state index is 14.9. The number of nitrogens with zero attached hydrogens (tertiary/aromatic N) is 3. The van der Waals surface area contributed by atoms with Gasteiger partial charge in [-0.25, -0.2) is 14.4 Å². The van der Waals surface area contributed by atoms with Crippen LogP contribution in [0.2, 0.25) is 5.02 Å². The number of hydrogen-bond acceptors (Lipinski definition) is 3. The molecule has 1 N–H and O–H groups in total. The van der Waals surface area contributed by atoms with Crippen LogP contribution in [-0.2, 0) is 18.8 Å². The molecule has 3 heterocycles. The molecule has 0 saturated carbocycles. The maximum absolute atomic E-state index is 14.9. The summed E-state index contributed by atoms with van der Waals surface area (Å²) in [4.78, 5) is 12.2. The second-order valence-corrected chi connectivity index (χ2v) is 8.41. The molecule has 0 amide bonds. The summed E-state index contributed by atoms with van der Waals surface area (Å²) in [6, 6.07) is 6.98. The molecule has 182 valence electrons. The molecule has 0 bridgehead atoms. The first-order valence-corrected chi connectivity index (χ1v) is 10.7. The van der Waals surface area contributed by atoms with E-state index in [1.807, 2.05) is 0 Å². The summed E-state index contributed by atoms with van der Waals surface area (Å²) >= 11 is 5.95. The Bertz CT molecular complexity index is 1410. The Morgan fingerprint density at radius 3 is 2.31 bits per heavy atom. The lowest BCUT2D eigenvalue weighted by atomic mass is 9.92. The van der Waals surface area contributed by atoms with Crippen molar-refractivity contribution in [3.8, 4) is 0 Å². The van der Waals surface area contributed by atoms with Gasteiger partial charge in [0.05, 0.1) is 16.6 Å². The van der Waals surface area contributed by atoms with Gasteiger partial charge in [0, 0.05) is 29.3 Å². The van der Waals surface area contributed by atoms with E-state index >= 15 is 0 Å². The van der Waals surface area contributed by atoms with Crippen LogP contribution < -0.4 is 4.90 Å². The van der Waals surface area contributed by atoms with Gasteiger partial charge in [-0.3, -0.25) is 0 Å². The van der Waals surface area contributed by atoms with Crippen molar-refractivity contribution in [2.45, 2.75) is 24.8 Å². The van der Waals surface area contributed by atoms with Crippen LogP contribution in [0.25, 0.3) is 10.9 Å². The van der Waals surface area contributed by atoms with Gasteiger partial charge in [0.15, 0.2) is 5.82 Å². The van der Waals surface area contributed by atoms with E-state index in [2.05, 4.69) is 15.0 Å². The highest BCUT2D eigenvalue weighted by Gasteiger charge is 2.38. The summed E-state index contributed by atoms with van der Waals surface area (Å²) in [6.45, 7) is 0.0822. The molecule has 0 aliphatic carbocycles. The van der Waals surface area contributed by atoms with E-state index in [9.17, 15) is 30.7 Å². The zero-order valence-corrected chi connectivity index (χ0v) is 18.2. The van der Waals surface area contributed by atoms with Crippen LogP contribution in [0.3, 0.4) is 0 Å². The fourth-order valence-corrected chi connectivity index (χ4v) is 4.53. The fourth-order valence-electron chi connectivity index (χ4n) is 4.38. The van der Waals surface area contributed by atoms with Crippen molar-refractivity contribution in [2.75, 3.05) is 11.4 Å². The third-order valence-corrected chi connectivity index (χ3v) is 6.21. The van der Waals surface area contributed by atoms with Crippen LogP contribution in [-0.4, -0.2) is 21.5 Å². The highest BCUT2D eigenvalue weighted by atomic mass is 35.5. The first-order chi connectivity index (χ1) is 16.4. The number of halogens is 8. The van der Waals surface area contributed by atoms with Crippen molar-refractivity contribution >= 4 is 28.5 Å². The topological polar surface area (TPSA) is 44.8 Å². The largest absolute Gasteiger partial charge is 0.433 e. The van der Waals surface area contributed by atoms with Gasteiger partial charge < -0.3 is 9.88 Å². The van der Waals surface area contributed by atoms with Gasteiger partial charge in [-0.05, 0) is 47.9 Å². The van der Waals surface area contributed by atoms with E-state index in [0.717, 1.165) is 24.4 Å². The van der Waals surface area contributed by atoms with Crippen molar-refractivity contribution in [3.05, 3.63) is 87.6 Å². The van der Waals surface area contributed by atoms with Crippen molar-refractivity contribution in [1.29, 1.82) is 0 Å². The van der Waals surface area contributed by atoms with Gasteiger partial charge >= 0.3 is 12.4 Å². The van der Waals surface area contributed by atoms with Crippen LogP contribution in [0.4, 0.5) is 36.7 Å². The molecular weight excluding hydrogens is 501 g/mol. The summed E-state index contributed by atoms with van der Waals surface area (Å²) in [5, 5.41) is 0.128. The number of aromatic amines is 1. The second-order valence-electron chi connectivity index (χ2n) is 8.01. The minimum Gasteiger partial charge on any atom is -0.356 e. The molecule has 4 nitrogen and oxygen atoms in total. The summed E-state index contributed by atoms with van der Waals surface area (Å²) in [5.41, 5.74) is -0.359. The van der Waals surface area contributed by atoms with E-state index in [4.69, 9.17) is 11.6 Å². The molecule has 12 heteroatoms. The number of nitrogens with one attached hydrogen (secondary N) is 1. The fraction of sp³-hybridized carbons (Fsp3) is 0.217. The van der Waals surface area contributed by atoms with Crippen LogP contribution in [0.15, 0.2) is 48.7 Å². The van der Waals surface area contributed by atoms with Gasteiger partial charge in [0.25, 0.3) is 0 Å². The molecular formula is C23H14ClF7N4. The molecule has 1 aliphatic rings. The molecule has 0 spiro atoms. The average Bonchev–Trinajstić information content (AvgIpc) is 3.19. The molecule has 1 atom stereocenters. The molecule has 0 radical (unpaired) electrons. The van der Waals surface area contributed by atoms with Crippen molar-refractivity contribution in [1.82, 2.24) is 15.0 Å². The maximum Gasteiger partial charge on any atom is 0.433 e. The first kappa shape index (κ1) is 23.4. The number of alkyl halides is 6. The predicted octanol–water partition coefficient (Wildman–Crippen LogP) is 6.94. The van der Waals surface area contributed by atoms with Crippen molar-refractivity contribution in [2.24, 2.45) is 0 Å². The van der Waals surface area contributed by atoms with Crippen molar-refractivity contribution in [3.63, 3.8) is 0 Å². The zero-order chi connectivity index (χ0) is 25.1. The highest BCUT2D eigenvalue weighted by Crippen LogP contribution is 2.42. The van der Waals surface area contributed by atoms with Crippen LogP contribution >= 0.6 is 11.6 Å². The van der Waals surface area contributed by atoms with E-state index in [0.29, 0.717) is 22.3 Å². The molecule has 5 rings (SSSR count). The number of aromatic nitrogens is 3. The molecule has 2 aromatic heterocycles. The number of fused-ring (bicyclic) bond motifs is 3. The number of H-pyrrole nitrogens is 1. The summed E-state index contributed by atoms with van der Waals surface area (Å²) < 4.78 is 94.2. The summed E-state index contributed by atoms with van der Waals surface area (Å²) in [6.07, 6.45) is -8.11. The molecule has 2 aromatic carbocycles. The predicted molar refractivity (Wildman–Crippen MR) is 115 cm³/mol. The van der Waals surface area contributed by atoms with E-state index in [1.165, 1.54) is 23.1 Å². The van der Waals surface area contributed by atoms with Crippen molar-refractivity contribution < 1.29 is 30.7 Å². The van der Waals surface area contributed by atoms with Gasteiger partial charge in [0.1, 0.15) is 5.69 Å². The van der Waals surface area contributed by atoms with Gasteiger partial charge in [-0.15, -0.1) is 0 Å². The summed E-state index contributed by atoms with van der Waals surface area (Å²) in [7, 11) is 0. The zero-order valence-electron chi connectivity index (χ0n) is 17.5. The number of benzene rings is 2. The Morgan fingerprint density at radius 1 is 0.943 bits per heavy atom. The normalized spacial score (nSPS) is 16.6. The Hall–Kier alpha value is -3.34. The van der Waals surface area contributed by atoms with Gasteiger partial charge in [-0.2, -0.15) is 26.3 Å². The van der Waals surface area contributed by atoms with Gasteiger partial charge in [-0.1, -0.05) is 23.7 Å². The highest BCUT2D eigenvalue weighted by molar-refractivity contribution is 6.31. The molecule has 1 unspecified atom stereocenters. The third-order valence-electron chi connectivity index (χ3n) is 5.92. The lowest BCUT2D eigenvalue weighted by Crippen LogP contribution is -2.37. The molecule has 35 heavy (non-hydrogen) atoms. The quantitative estimate of drug-likeness (QED) is 0.295. The van der Waals surface area contributed by atoms with E-state index in [1.54, 1.807) is 6.07 Å². The molecule has 1 aliphatic heterocycles. The van der Waals surface area contributed by atoms with Crippen LogP contribution in [0.5, 0.6) is 0 Å². The molecule has 4 aromatic rings. The Morgan fingerprint density at radius 2 is 1.66 bits per heavy atom. The van der Waals surface area contributed by atoms with Crippen LogP contribution in [0, 0.1) is 5.82 Å². The number of anilines is 1. The van der Waals surface area contributed by atoms with Gasteiger partial charge in [0.2, 0.25) is 5.95 Å². The average molecular weight is 515 g/mol. The SMILES string of the molecule is Fc1c(Cl)ccc2[nH]c3c(c12)CCN(c1nccc(C(F)(F)F)n1)C3c1ccc(C(F)(F)F)cc1. The smallest absolute Gasteiger partial charge is 0.356 e. The monoisotopic (exact) mass is 514 g/mol. The Labute approximate surface area is 198 Å². The lowest BCUT2D eigenvalue weighted by Gasteiger charge is -2.36. The third kappa shape index (κ3) is 4.07. The standard InChI is InChI=1S/C23H14ClF7N4/c24-14-5-6-15-17(18(14)25)13-8-10-35(21-32-9-7-16(34-21)23(29,30)31)20(19(13)33-15)11-1-3-12(4-2-11)22(26,27)28/h1-7,9,20,33H,8,10H2. The first-order valence-electron chi connectivity index (χ1n) is 10.3. The second kappa shape index (κ2) is 8.11. The Kier molecular flexibility index (Phi) is 5.42. The Balaban J connectivity index is 1.70. The summed E-state index contributed by atoms with van der Waals surface area (Å²) in [5.74, 6) is -0.913. The minimum absolute atomic E-state index is 0.0822. The number of hydrogen-bond donors (Lipinski definition) is 1. The molecule has 0 saturated heterocycles. The van der Waals surface area contributed by atoms with E-state index in [-0.39, 0.29) is 29.3 Å². The minimum atomic E-state index is -4.72. The number of rotatable bonds is 2. The lowest BCUT2D eigenvalue weighted by molar-refractivity contribution is -0.141.